The molecule has 1 aliphatic rings. The van der Waals surface area contributed by atoms with Crippen molar-refractivity contribution >= 4 is 39.9 Å². The van der Waals surface area contributed by atoms with E-state index in [2.05, 4.69) is 38.0 Å². The molecule has 21 heavy (non-hydrogen) atoms. The minimum Gasteiger partial charge on any atom is -0.382 e. The molecule has 0 radical (unpaired) electrons. The van der Waals surface area contributed by atoms with Crippen LogP contribution in [-0.2, 0) is 9.63 Å². The second-order valence-electron chi connectivity index (χ2n) is 4.57. The number of pyridine rings is 1. The van der Waals surface area contributed by atoms with Gasteiger partial charge in [-0.25, -0.2) is 0 Å². The average molecular weight is 393 g/mol. The number of nitrogens with one attached hydrogen (secondary N) is 1. The van der Waals surface area contributed by atoms with Gasteiger partial charge in [0.05, 0.1) is 5.71 Å². The van der Waals surface area contributed by atoms with Gasteiger partial charge < -0.3 is 10.2 Å². The molecule has 1 aliphatic heterocycles. The van der Waals surface area contributed by atoms with Crippen LogP contribution in [0.2, 0.25) is 0 Å². The van der Waals surface area contributed by atoms with Crippen LogP contribution in [0.3, 0.4) is 0 Å². The third-order valence-corrected chi connectivity index (χ3v) is 3.79. The van der Waals surface area contributed by atoms with E-state index in [1.807, 2.05) is 36.4 Å². The fraction of sp³-hybridized carbons (Fsp3) is 0.133. The minimum atomic E-state index is -0.598. The van der Waals surface area contributed by atoms with E-state index < -0.39 is 6.10 Å². The first-order chi connectivity index (χ1) is 10.2. The first kappa shape index (κ1) is 14.0. The van der Waals surface area contributed by atoms with Crippen LogP contribution in [0, 0.1) is 3.57 Å². The number of carbonyl (C=O) groups is 1. The van der Waals surface area contributed by atoms with Gasteiger partial charge in [0, 0.05) is 33.6 Å². The first-order valence-electron chi connectivity index (χ1n) is 6.42. The Labute approximate surface area is 135 Å². The zero-order valence-corrected chi connectivity index (χ0v) is 13.1. The fourth-order valence-electron chi connectivity index (χ4n) is 1.98. The monoisotopic (exact) mass is 393 g/mol. The molecule has 0 aliphatic carbocycles. The van der Waals surface area contributed by atoms with Crippen LogP contribution in [-0.4, -0.2) is 22.7 Å². The fourth-order valence-corrected chi connectivity index (χ4v) is 2.34. The molecule has 1 atom stereocenters. The smallest absolute Gasteiger partial charge is 0.268 e. The quantitative estimate of drug-likeness (QED) is 0.816. The van der Waals surface area contributed by atoms with Gasteiger partial charge in [-0.3, -0.25) is 9.78 Å². The lowest BCUT2D eigenvalue weighted by Crippen LogP contribution is -2.28. The number of hydrogen-bond donors (Lipinski definition) is 1. The first-order valence-corrected chi connectivity index (χ1v) is 7.50. The van der Waals surface area contributed by atoms with Crippen LogP contribution >= 0.6 is 22.6 Å². The maximum Gasteiger partial charge on any atom is 0.268 e. The Balaban J connectivity index is 1.62. The molecule has 0 fully saturated rings. The summed E-state index contributed by atoms with van der Waals surface area (Å²) in [5.74, 6) is -0.196. The Morgan fingerprint density at radius 2 is 2.10 bits per heavy atom. The number of carbonyl (C=O) groups excluding carboxylic acids is 1. The molecule has 6 heteroatoms. The van der Waals surface area contributed by atoms with E-state index >= 15 is 0 Å². The molecular formula is C15H12IN3O2. The van der Waals surface area contributed by atoms with Gasteiger partial charge in [-0.1, -0.05) is 5.16 Å². The number of halogens is 1. The average Bonchev–Trinajstić information content (AvgIpc) is 3.00. The van der Waals surface area contributed by atoms with Crippen molar-refractivity contribution in [3.8, 4) is 0 Å². The SMILES string of the molecule is O=C(Nc1ccc(I)cc1)C1CC(c2cccnc2)=NO1. The van der Waals surface area contributed by atoms with Crippen LogP contribution in [0.5, 0.6) is 0 Å². The molecule has 0 spiro atoms. The Morgan fingerprint density at radius 1 is 1.29 bits per heavy atom. The second kappa shape index (κ2) is 6.21. The van der Waals surface area contributed by atoms with E-state index in [0.717, 1.165) is 20.5 Å². The molecule has 1 aromatic heterocycles. The Kier molecular flexibility index (Phi) is 4.14. The number of rotatable bonds is 3. The minimum absolute atomic E-state index is 0.196. The third kappa shape index (κ3) is 3.38. The molecule has 2 aromatic rings. The highest BCUT2D eigenvalue weighted by Crippen LogP contribution is 2.18. The molecule has 0 bridgehead atoms. The summed E-state index contributed by atoms with van der Waals surface area (Å²) in [6.07, 6.45) is 3.25. The van der Waals surface area contributed by atoms with Crippen molar-refractivity contribution in [3.05, 3.63) is 57.9 Å². The van der Waals surface area contributed by atoms with Crippen molar-refractivity contribution in [1.82, 2.24) is 4.98 Å². The van der Waals surface area contributed by atoms with E-state index in [1.165, 1.54) is 0 Å². The molecule has 1 amide bonds. The molecule has 0 saturated heterocycles. The Hall–Kier alpha value is -1.96. The van der Waals surface area contributed by atoms with Gasteiger partial charge >= 0.3 is 0 Å². The number of nitrogens with zero attached hydrogens (tertiary/aromatic N) is 2. The zero-order chi connectivity index (χ0) is 14.7. The molecule has 106 valence electrons. The van der Waals surface area contributed by atoms with Crippen molar-refractivity contribution < 1.29 is 9.63 Å². The molecule has 2 heterocycles. The molecule has 3 rings (SSSR count). The number of amides is 1. The van der Waals surface area contributed by atoms with Crippen molar-refractivity contribution in [2.24, 2.45) is 5.16 Å². The Bertz CT molecular complexity index is 671. The Morgan fingerprint density at radius 3 is 2.81 bits per heavy atom. The van der Waals surface area contributed by atoms with Gasteiger partial charge in [-0.2, -0.15) is 0 Å². The number of aromatic nitrogens is 1. The summed E-state index contributed by atoms with van der Waals surface area (Å²) in [6, 6.07) is 11.3. The van der Waals surface area contributed by atoms with Crippen LogP contribution in [0.15, 0.2) is 53.9 Å². The highest BCUT2D eigenvalue weighted by atomic mass is 127. The van der Waals surface area contributed by atoms with Gasteiger partial charge in [0.2, 0.25) is 6.10 Å². The molecule has 1 aromatic carbocycles. The van der Waals surface area contributed by atoms with Crippen LogP contribution in [0.4, 0.5) is 5.69 Å². The summed E-state index contributed by atoms with van der Waals surface area (Å²) >= 11 is 2.22. The molecule has 0 saturated carbocycles. The van der Waals surface area contributed by atoms with E-state index in [-0.39, 0.29) is 5.91 Å². The zero-order valence-electron chi connectivity index (χ0n) is 11.0. The topological polar surface area (TPSA) is 63.6 Å². The number of hydrogen-bond acceptors (Lipinski definition) is 4. The van der Waals surface area contributed by atoms with Gasteiger partial charge in [-0.15, -0.1) is 0 Å². The van der Waals surface area contributed by atoms with Gasteiger partial charge in [-0.05, 0) is 59.0 Å². The number of anilines is 1. The summed E-state index contributed by atoms with van der Waals surface area (Å²) in [5, 5.41) is 6.81. The van der Waals surface area contributed by atoms with Gasteiger partial charge in [0.25, 0.3) is 5.91 Å². The highest BCUT2D eigenvalue weighted by Gasteiger charge is 2.28. The summed E-state index contributed by atoms with van der Waals surface area (Å²) < 4.78 is 1.12. The maximum atomic E-state index is 12.1. The van der Waals surface area contributed by atoms with Crippen LogP contribution in [0.25, 0.3) is 0 Å². The van der Waals surface area contributed by atoms with Gasteiger partial charge in [0.15, 0.2) is 0 Å². The molecule has 1 unspecified atom stereocenters. The van der Waals surface area contributed by atoms with Crippen LogP contribution < -0.4 is 5.32 Å². The van der Waals surface area contributed by atoms with Gasteiger partial charge in [0.1, 0.15) is 0 Å². The van der Waals surface area contributed by atoms with E-state index in [0.29, 0.717) is 6.42 Å². The second-order valence-corrected chi connectivity index (χ2v) is 5.82. The van der Waals surface area contributed by atoms with Crippen molar-refractivity contribution in [2.75, 3.05) is 5.32 Å². The summed E-state index contributed by atoms with van der Waals surface area (Å²) in [6.45, 7) is 0. The van der Waals surface area contributed by atoms with E-state index in [1.54, 1.807) is 12.4 Å². The standard InChI is InChI=1S/C15H12IN3O2/c16-11-3-5-12(6-4-11)18-15(20)14-8-13(19-21-14)10-2-1-7-17-9-10/h1-7,9,14H,8H2,(H,18,20). The number of oxime groups is 1. The van der Waals surface area contributed by atoms with Crippen molar-refractivity contribution in [2.45, 2.75) is 12.5 Å². The van der Waals surface area contributed by atoms with E-state index in [4.69, 9.17) is 4.84 Å². The molecular weight excluding hydrogens is 381 g/mol. The summed E-state index contributed by atoms with van der Waals surface area (Å²) in [7, 11) is 0. The number of benzene rings is 1. The lowest BCUT2D eigenvalue weighted by molar-refractivity contribution is -0.125. The molecule has 5 nitrogen and oxygen atoms in total. The predicted molar refractivity (Wildman–Crippen MR) is 88.1 cm³/mol. The van der Waals surface area contributed by atoms with Crippen molar-refractivity contribution in [3.63, 3.8) is 0 Å². The van der Waals surface area contributed by atoms with Crippen molar-refractivity contribution in [1.29, 1.82) is 0 Å². The third-order valence-electron chi connectivity index (χ3n) is 3.07. The lowest BCUT2D eigenvalue weighted by atomic mass is 10.1. The van der Waals surface area contributed by atoms with E-state index in [9.17, 15) is 4.79 Å². The summed E-state index contributed by atoms with van der Waals surface area (Å²) in [5.41, 5.74) is 2.37. The lowest BCUT2D eigenvalue weighted by Gasteiger charge is -2.09. The predicted octanol–water partition coefficient (Wildman–Crippen LogP) is 2.82. The normalized spacial score (nSPS) is 17.0. The highest BCUT2D eigenvalue weighted by molar-refractivity contribution is 14.1. The van der Waals surface area contributed by atoms with Crippen LogP contribution in [0.1, 0.15) is 12.0 Å². The summed E-state index contributed by atoms with van der Waals surface area (Å²) in [4.78, 5) is 21.4. The maximum absolute atomic E-state index is 12.1. The largest absolute Gasteiger partial charge is 0.382 e. The molecule has 1 N–H and O–H groups in total.